The summed E-state index contributed by atoms with van der Waals surface area (Å²) in [5, 5.41) is 0.843. The molecule has 158 valence electrons. The van der Waals surface area contributed by atoms with E-state index in [0.29, 0.717) is 12.0 Å². The molecule has 6 heteroatoms. The molecule has 1 fully saturated rings. The molecule has 0 spiro atoms. The molecule has 1 aliphatic carbocycles. The topological polar surface area (TPSA) is 52.2 Å². The summed E-state index contributed by atoms with van der Waals surface area (Å²) in [6.45, 7) is 7.44. The van der Waals surface area contributed by atoms with E-state index in [1.54, 1.807) is 11.3 Å². The van der Waals surface area contributed by atoms with Crippen molar-refractivity contribution in [2.45, 2.75) is 45.2 Å². The monoisotopic (exact) mass is 422 g/mol. The Morgan fingerprint density at radius 1 is 1.23 bits per heavy atom. The zero-order valence-corrected chi connectivity index (χ0v) is 18.8. The molecular weight excluding hydrogens is 392 g/mol. The summed E-state index contributed by atoms with van der Waals surface area (Å²) in [5.74, 6) is 1.49. The van der Waals surface area contributed by atoms with Crippen molar-refractivity contribution < 1.29 is 0 Å². The lowest BCUT2D eigenvalue weighted by molar-refractivity contribution is 0.0541. The SMILES string of the molecule is CC1CCc2c(sc3nc(C(C)N4CCN(C)CC4c4ccccc4)[nH]c(=O)c23)C1. The number of piperazine rings is 1. The predicted octanol–water partition coefficient (Wildman–Crippen LogP) is 4.16. The Morgan fingerprint density at radius 3 is 2.83 bits per heavy atom. The van der Waals surface area contributed by atoms with Gasteiger partial charge in [-0.3, -0.25) is 9.69 Å². The molecule has 3 heterocycles. The normalized spacial score (nSPS) is 24.1. The summed E-state index contributed by atoms with van der Waals surface area (Å²) in [6.07, 6.45) is 3.25. The number of benzene rings is 1. The molecule has 2 aliphatic rings. The van der Waals surface area contributed by atoms with Crippen molar-refractivity contribution in [2.75, 3.05) is 26.7 Å². The van der Waals surface area contributed by atoms with E-state index in [2.05, 4.69) is 66.0 Å². The van der Waals surface area contributed by atoms with E-state index in [1.807, 2.05) is 0 Å². The van der Waals surface area contributed by atoms with Gasteiger partial charge in [0.15, 0.2) is 0 Å². The lowest BCUT2D eigenvalue weighted by Gasteiger charge is -2.43. The summed E-state index contributed by atoms with van der Waals surface area (Å²) in [7, 11) is 2.18. The third kappa shape index (κ3) is 3.51. The molecule has 1 N–H and O–H groups in total. The largest absolute Gasteiger partial charge is 0.309 e. The minimum Gasteiger partial charge on any atom is -0.309 e. The van der Waals surface area contributed by atoms with Crippen LogP contribution in [0.25, 0.3) is 10.2 Å². The maximum Gasteiger partial charge on any atom is 0.259 e. The van der Waals surface area contributed by atoms with Gasteiger partial charge in [0.05, 0.1) is 11.4 Å². The first kappa shape index (κ1) is 19.9. The minimum absolute atomic E-state index is 0.0410. The summed E-state index contributed by atoms with van der Waals surface area (Å²) < 4.78 is 0. The molecular formula is C24H30N4OS. The van der Waals surface area contributed by atoms with Crippen molar-refractivity contribution in [3.8, 4) is 0 Å². The molecule has 3 unspecified atom stereocenters. The third-order valence-electron chi connectivity index (χ3n) is 6.89. The van der Waals surface area contributed by atoms with Gasteiger partial charge in [0.2, 0.25) is 0 Å². The van der Waals surface area contributed by atoms with E-state index in [4.69, 9.17) is 4.98 Å². The van der Waals surface area contributed by atoms with Crippen molar-refractivity contribution >= 4 is 21.6 Å². The smallest absolute Gasteiger partial charge is 0.259 e. The molecule has 5 rings (SSSR count). The zero-order chi connectivity index (χ0) is 20.8. The second kappa shape index (κ2) is 7.91. The van der Waals surface area contributed by atoms with Gasteiger partial charge in [0, 0.05) is 30.6 Å². The van der Waals surface area contributed by atoms with E-state index in [1.165, 1.54) is 16.0 Å². The van der Waals surface area contributed by atoms with Crippen molar-refractivity contribution in [2.24, 2.45) is 5.92 Å². The number of H-pyrrole nitrogens is 1. The molecule has 0 amide bonds. The minimum atomic E-state index is 0.0410. The van der Waals surface area contributed by atoms with Crippen LogP contribution in [0.5, 0.6) is 0 Å². The fourth-order valence-corrected chi connectivity index (χ4v) is 6.48. The lowest BCUT2D eigenvalue weighted by atomic mass is 9.89. The Labute approximate surface area is 181 Å². The summed E-state index contributed by atoms with van der Waals surface area (Å²) in [6, 6.07) is 11.0. The molecule has 5 nitrogen and oxygen atoms in total. The molecule has 3 atom stereocenters. The molecule has 0 radical (unpaired) electrons. The van der Waals surface area contributed by atoms with E-state index in [0.717, 1.165) is 54.9 Å². The third-order valence-corrected chi connectivity index (χ3v) is 8.03. The predicted molar refractivity (Wildman–Crippen MR) is 123 cm³/mol. The van der Waals surface area contributed by atoms with Crippen LogP contribution in [0.4, 0.5) is 0 Å². The fraction of sp³-hybridized carbons (Fsp3) is 0.500. The average molecular weight is 423 g/mol. The second-order valence-electron chi connectivity index (χ2n) is 9.09. The van der Waals surface area contributed by atoms with E-state index < -0.39 is 0 Å². The molecule has 3 aromatic rings. The van der Waals surface area contributed by atoms with Crippen LogP contribution in [0.15, 0.2) is 35.1 Å². The molecule has 2 aromatic heterocycles. The molecule has 1 aromatic carbocycles. The molecule has 1 aliphatic heterocycles. The highest BCUT2D eigenvalue weighted by Gasteiger charge is 2.32. The summed E-state index contributed by atoms with van der Waals surface area (Å²) in [4.78, 5) is 28.4. The number of aromatic amines is 1. The van der Waals surface area contributed by atoms with Crippen LogP contribution in [0.2, 0.25) is 0 Å². The van der Waals surface area contributed by atoms with Gasteiger partial charge >= 0.3 is 0 Å². The maximum absolute atomic E-state index is 13.1. The number of nitrogens with one attached hydrogen (secondary N) is 1. The van der Waals surface area contributed by atoms with E-state index in [9.17, 15) is 4.79 Å². The number of fused-ring (bicyclic) bond motifs is 3. The molecule has 0 saturated carbocycles. The Kier molecular flexibility index (Phi) is 5.25. The number of nitrogens with zero attached hydrogens (tertiary/aromatic N) is 3. The highest BCUT2D eigenvalue weighted by molar-refractivity contribution is 7.18. The first-order chi connectivity index (χ1) is 14.5. The highest BCUT2D eigenvalue weighted by atomic mass is 32.1. The number of thiophene rings is 1. The number of hydrogen-bond donors (Lipinski definition) is 1. The standard InChI is InChI=1S/C24H30N4OS/c1-15-9-10-18-20(13-15)30-24-21(18)23(29)25-22(26-24)16(2)28-12-11-27(3)14-19(28)17-7-5-4-6-8-17/h4-8,15-16,19H,9-14H2,1-3H3,(H,25,26,29). The van der Waals surface area contributed by atoms with Gasteiger partial charge in [-0.2, -0.15) is 0 Å². The van der Waals surface area contributed by atoms with Gasteiger partial charge in [-0.1, -0.05) is 37.3 Å². The van der Waals surface area contributed by atoms with Gasteiger partial charge in [0.1, 0.15) is 10.7 Å². The van der Waals surface area contributed by atoms with Crippen LogP contribution in [0.1, 0.15) is 54.2 Å². The second-order valence-corrected chi connectivity index (χ2v) is 10.2. The maximum atomic E-state index is 13.1. The first-order valence-electron chi connectivity index (χ1n) is 11.0. The van der Waals surface area contributed by atoms with Gasteiger partial charge in [-0.05, 0) is 50.3 Å². The average Bonchev–Trinajstić information content (AvgIpc) is 3.11. The lowest BCUT2D eigenvalue weighted by Crippen LogP contribution is -2.48. The number of aromatic nitrogens is 2. The quantitative estimate of drug-likeness (QED) is 0.689. The number of rotatable bonds is 3. The van der Waals surface area contributed by atoms with Crippen LogP contribution in [-0.4, -0.2) is 46.4 Å². The zero-order valence-electron chi connectivity index (χ0n) is 18.0. The molecule has 1 saturated heterocycles. The highest BCUT2D eigenvalue weighted by Crippen LogP contribution is 2.37. The summed E-state index contributed by atoms with van der Waals surface area (Å²) in [5.41, 5.74) is 2.61. The number of hydrogen-bond acceptors (Lipinski definition) is 5. The number of aryl methyl sites for hydroxylation is 1. The summed E-state index contributed by atoms with van der Waals surface area (Å²) >= 11 is 1.74. The van der Waals surface area contributed by atoms with Crippen LogP contribution >= 0.6 is 11.3 Å². The van der Waals surface area contributed by atoms with Gasteiger partial charge in [-0.15, -0.1) is 11.3 Å². The van der Waals surface area contributed by atoms with Crippen LogP contribution in [0, 0.1) is 5.92 Å². The van der Waals surface area contributed by atoms with Crippen molar-refractivity contribution in [3.05, 3.63) is 62.5 Å². The van der Waals surface area contributed by atoms with Crippen molar-refractivity contribution in [1.82, 2.24) is 19.8 Å². The van der Waals surface area contributed by atoms with Gasteiger partial charge in [0.25, 0.3) is 5.56 Å². The van der Waals surface area contributed by atoms with Crippen molar-refractivity contribution in [1.29, 1.82) is 0 Å². The van der Waals surface area contributed by atoms with E-state index >= 15 is 0 Å². The van der Waals surface area contributed by atoms with Crippen LogP contribution < -0.4 is 5.56 Å². The fourth-order valence-electron chi connectivity index (χ4n) is 5.09. The van der Waals surface area contributed by atoms with Crippen LogP contribution in [-0.2, 0) is 12.8 Å². The Hall–Kier alpha value is -2.02. The molecule has 30 heavy (non-hydrogen) atoms. The van der Waals surface area contributed by atoms with Gasteiger partial charge in [-0.25, -0.2) is 4.98 Å². The molecule has 0 bridgehead atoms. The van der Waals surface area contributed by atoms with Crippen LogP contribution in [0.3, 0.4) is 0 Å². The Morgan fingerprint density at radius 2 is 2.03 bits per heavy atom. The van der Waals surface area contributed by atoms with Gasteiger partial charge < -0.3 is 9.88 Å². The first-order valence-corrected chi connectivity index (χ1v) is 11.9. The number of likely N-dealkylation sites (N-methyl/N-ethyl adjacent to an activating group) is 1. The Bertz CT molecular complexity index is 1110. The Balaban J connectivity index is 1.52. The van der Waals surface area contributed by atoms with Crippen molar-refractivity contribution in [3.63, 3.8) is 0 Å². The van der Waals surface area contributed by atoms with E-state index in [-0.39, 0.29) is 11.6 Å².